The highest BCUT2D eigenvalue weighted by molar-refractivity contribution is 5.97. The van der Waals surface area contributed by atoms with E-state index in [1.165, 1.54) is 6.07 Å². The number of rotatable bonds is 8. The maximum Gasteiger partial charge on any atom is 0.251 e. The minimum Gasteiger partial charge on any atom is -0.504 e. The Hall–Kier alpha value is -3.03. The maximum atomic E-state index is 12.9. The first kappa shape index (κ1) is 22.7. The Balaban J connectivity index is 1.57. The topological polar surface area (TPSA) is 111 Å². The van der Waals surface area contributed by atoms with Crippen molar-refractivity contribution in [1.82, 2.24) is 15.3 Å². The van der Waals surface area contributed by atoms with Gasteiger partial charge < -0.3 is 25.7 Å². The molecule has 1 heterocycles. The highest BCUT2D eigenvalue weighted by Gasteiger charge is 2.25. The van der Waals surface area contributed by atoms with Crippen molar-refractivity contribution in [2.75, 3.05) is 24.3 Å². The summed E-state index contributed by atoms with van der Waals surface area (Å²) in [4.78, 5) is 23.7. The summed E-state index contributed by atoms with van der Waals surface area (Å²) in [6.45, 7) is 2.05. The summed E-state index contributed by atoms with van der Waals surface area (Å²) >= 11 is 0. The number of nitrogens with one attached hydrogen (secondary N) is 2. The van der Waals surface area contributed by atoms with Gasteiger partial charge in [-0.1, -0.05) is 13.3 Å². The molecule has 0 saturated heterocycles. The molecule has 8 heteroatoms. The third kappa shape index (κ3) is 5.77. The number of phenols is 2. The van der Waals surface area contributed by atoms with Gasteiger partial charge in [-0.05, 0) is 56.7 Å². The number of carbonyl (C=O) groups excluding carboxylic acids is 1. The van der Waals surface area contributed by atoms with Crippen LogP contribution >= 0.6 is 0 Å². The highest BCUT2D eigenvalue weighted by atomic mass is 16.3. The van der Waals surface area contributed by atoms with Crippen molar-refractivity contribution in [3.8, 4) is 11.5 Å². The molecule has 31 heavy (non-hydrogen) atoms. The molecule has 2 aromatic rings. The SMILES string of the molecule is CCCCc1c(C(=O)NC2CCC(Nc3nccc(N(C)C)n3)CC2)ccc(O)c1O. The van der Waals surface area contributed by atoms with E-state index in [1.807, 2.05) is 32.0 Å². The van der Waals surface area contributed by atoms with E-state index in [9.17, 15) is 15.0 Å². The number of hydrogen-bond acceptors (Lipinski definition) is 7. The fraction of sp³-hybridized carbons (Fsp3) is 0.522. The molecule has 0 aliphatic heterocycles. The van der Waals surface area contributed by atoms with Crippen molar-refractivity contribution in [2.45, 2.75) is 64.0 Å². The summed E-state index contributed by atoms with van der Waals surface area (Å²) in [7, 11) is 3.89. The number of aromatic hydroxyl groups is 2. The van der Waals surface area contributed by atoms with Crippen LogP contribution in [0.4, 0.5) is 11.8 Å². The fourth-order valence-corrected chi connectivity index (χ4v) is 3.94. The summed E-state index contributed by atoms with van der Waals surface area (Å²) < 4.78 is 0. The lowest BCUT2D eigenvalue weighted by Gasteiger charge is -2.30. The van der Waals surface area contributed by atoms with E-state index in [2.05, 4.69) is 20.6 Å². The second-order valence-electron chi connectivity index (χ2n) is 8.36. The van der Waals surface area contributed by atoms with Gasteiger partial charge in [-0.2, -0.15) is 4.98 Å². The molecule has 1 amide bonds. The Bertz CT molecular complexity index is 895. The van der Waals surface area contributed by atoms with Crippen molar-refractivity contribution in [2.24, 2.45) is 0 Å². The van der Waals surface area contributed by atoms with Gasteiger partial charge in [0.25, 0.3) is 5.91 Å². The summed E-state index contributed by atoms with van der Waals surface area (Å²) in [5, 5.41) is 26.6. The maximum absolute atomic E-state index is 12.9. The van der Waals surface area contributed by atoms with Crippen LogP contribution in [0, 0.1) is 0 Å². The molecule has 0 radical (unpaired) electrons. The van der Waals surface area contributed by atoms with E-state index in [1.54, 1.807) is 12.3 Å². The van der Waals surface area contributed by atoms with Crippen molar-refractivity contribution in [1.29, 1.82) is 0 Å². The summed E-state index contributed by atoms with van der Waals surface area (Å²) in [5.74, 6) is 0.914. The standard InChI is InChI=1S/C23H33N5O3/c1-4-5-6-17-18(11-12-19(29)21(17)30)22(31)25-15-7-9-16(10-8-15)26-23-24-14-13-20(27-23)28(2)3/h11-16,29-30H,4-10H2,1-3H3,(H,25,31)(H,24,26,27). The zero-order valence-corrected chi connectivity index (χ0v) is 18.6. The van der Waals surface area contributed by atoms with Crippen molar-refractivity contribution >= 4 is 17.7 Å². The Kier molecular flexibility index (Phi) is 7.55. The molecule has 1 aromatic heterocycles. The van der Waals surface area contributed by atoms with Crippen LogP contribution < -0.4 is 15.5 Å². The smallest absolute Gasteiger partial charge is 0.251 e. The second-order valence-corrected chi connectivity index (χ2v) is 8.36. The Morgan fingerprint density at radius 2 is 1.84 bits per heavy atom. The van der Waals surface area contributed by atoms with E-state index in [0.717, 1.165) is 44.3 Å². The van der Waals surface area contributed by atoms with Crippen molar-refractivity contribution < 1.29 is 15.0 Å². The molecule has 1 aliphatic carbocycles. The number of aromatic nitrogens is 2. The number of phenolic OH excluding ortho intramolecular Hbond substituents is 2. The third-order valence-corrected chi connectivity index (χ3v) is 5.78. The van der Waals surface area contributed by atoms with Crippen LogP contribution in [-0.2, 0) is 6.42 Å². The zero-order valence-electron chi connectivity index (χ0n) is 18.6. The first-order valence-electron chi connectivity index (χ1n) is 11.0. The Morgan fingerprint density at radius 1 is 1.13 bits per heavy atom. The molecule has 1 saturated carbocycles. The zero-order chi connectivity index (χ0) is 22.4. The van der Waals surface area contributed by atoms with E-state index in [-0.39, 0.29) is 29.5 Å². The van der Waals surface area contributed by atoms with E-state index < -0.39 is 0 Å². The highest BCUT2D eigenvalue weighted by Crippen LogP contribution is 2.33. The number of nitrogens with zero attached hydrogens (tertiary/aromatic N) is 3. The van der Waals surface area contributed by atoms with Gasteiger partial charge in [0.05, 0.1) is 0 Å². The predicted molar refractivity (Wildman–Crippen MR) is 122 cm³/mol. The molecule has 168 valence electrons. The summed E-state index contributed by atoms with van der Waals surface area (Å²) in [6.07, 6.45) is 7.60. The first-order valence-corrected chi connectivity index (χ1v) is 11.0. The van der Waals surface area contributed by atoms with Gasteiger partial charge in [0.15, 0.2) is 11.5 Å². The van der Waals surface area contributed by atoms with Gasteiger partial charge in [0.2, 0.25) is 5.95 Å². The fourth-order valence-electron chi connectivity index (χ4n) is 3.94. The lowest BCUT2D eigenvalue weighted by atomic mass is 9.90. The number of unbranched alkanes of at least 4 members (excludes halogenated alkanes) is 1. The van der Waals surface area contributed by atoms with Gasteiger partial charge >= 0.3 is 0 Å². The molecule has 0 spiro atoms. The molecule has 0 atom stereocenters. The lowest BCUT2D eigenvalue weighted by Crippen LogP contribution is -2.40. The van der Waals surface area contributed by atoms with E-state index in [0.29, 0.717) is 23.5 Å². The second kappa shape index (κ2) is 10.3. The molecule has 1 fully saturated rings. The normalized spacial score (nSPS) is 18.4. The van der Waals surface area contributed by atoms with Crippen molar-refractivity contribution in [3.63, 3.8) is 0 Å². The van der Waals surface area contributed by atoms with Crippen LogP contribution in [0.1, 0.15) is 61.4 Å². The minimum atomic E-state index is -0.195. The van der Waals surface area contributed by atoms with Crippen LogP contribution in [0.25, 0.3) is 0 Å². The Labute approximate surface area is 183 Å². The minimum absolute atomic E-state index is 0.0783. The number of hydrogen-bond donors (Lipinski definition) is 4. The van der Waals surface area contributed by atoms with Crippen LogP contribution in [-0.4, -0.2) is 52.3 Å². The van der Waals surface area contributed by atoms with Gasteiger partial charge in [0, 0.05) is 43.5 Å². The quantitative estimate of drug-likeness (QED) is 0.478. The van der Waals surface area contributed by atoms with Gasteiger partial charge in [0.1, 0.15) is 5.82 Å². The molecular formula is C23H33N5O3. The van der Waals surface area contributed by atoms with Gasteiger partial charge in [-0.15, -0.1) is 0 Å². The molecular weight excluding hydrogens is 394 g/mol. The average molecular weight is 428 g/mol. The molecule has 4 N–H and O–H groups in total. The number of carbonyl (C=O) groups is 1. The largest absolute Gasteiger partial charge is 0.504 e. The van der Waals surface area contributed by atoms with E-state index in [4.69, 9.17) is 0 Å². The van der Waals surface area contributed by atoms with Crippen LogP contribution in [0.15, 0.2) is 24.4 Å². The predicted octanol–water partition coefficient (Wildman–Crippen LogP) is 3.45. The van der Waals surface area contributed by atoms with Gasteiger partial charge in [-0.25, -0.2) is 4.98 Å². The number of benzene rings is 1. The Morgan fingerprint density at radius 3 is 2.52 bits per heavy atom. The number of anilines is 2. The van der Waals surface area contributed by atoms with Crippen LogP contribution in [0.2, 0.25) is 0 Å². The molecule has 8 nitrogen and oxygen atoms in total. The first-order chi connectivity index (χ1) is 14.9. The number of amides is 1. The summed E-state index contributed by atoms with van der Waals surface area (Å²) in [5.41, 5.74) is 0.963. The molecule has 1 aliphatic rings. The summed E-state index contributed by atoms with van der Waals surface area (Å²) in [6, 6.07) is 5.19. The lowest BCUT2D eigenvalue weighted by molar-refractivity contribution is 0.0925. The van der Waals surface area contributed by atoms with E-state index >= 15 is 0 Å². The van der Waals surface area contributed by atoms with Crippen LogP contribution in [0.3, 0.4) is 0 Å². The monoisotopic (exact) mass is 427 g/mol. The van der Waals surface area contributed by atoms with Gasteiger partial charge in [-0.3, -0.25) is 4.79 Å². The molecule has 3 rings (SSSR count). The van der Waals surface area contributed by atoms with Crippen molar-refractivity contribution in [3.05, 3.63) is 35.5 Å². The molecule has 0 unspecified atom stereocenters. The van der Waals surface area contributed by atoms with Crippen LogP contribution in [0.5, 0.6) is 11.5 Å². The molecule has 1 aromatic carbocycles. The third-order valence-electron chi connectivity index (χ3n) is 5.78. The molecule has 0 bridgehead atoms. The average Bonchev–Trinajstić information content (AvgIpc) is 2.76.